The van der Waals surface area contributed by atoms with Gasteiger partial charge in [-0.3, -0.25) is 0 Å². The van der Waals surface area contributed by atoms with E-state index < -0.39 is 0 Å². The zero-order valence-corrected chi connectivity index (χ0v) is 4.02. The molecule has 40 valence electrons. The van der Waals surface area contributed by atoms with E-state index in [0.29, 0.717) is 5.82 Å². The van der Waals surface area contributed by atoms with Crippen molar-refractivity contribution in [2.75, 3.05) is 6.54 Å². The van der Waals surface area contributed by atoms with E-state index in [1.165, 1.54) is 0 Å². The second kappa shape index (κ2) is 1.42. The zero-order chi connectivity index (χ0) is 5.28. The fourth-order valence-corrected chi connectivity index (χ4v) is 0.584. The third-order valence-corrected chi connectivity index (χ3v) is 0.936. The third kappa shape index (κ3) is 0.838. The summed E-state index contributed by atoms with van der Waals surface area (Å²) in [6, 6.07) is 0.125. The van der Waals surface area contributed by atoms with Crippen LogP contribution >= 0.6 is 0 Å². The topological polar surface area (TPSA) is 64.1 Å². The molecule has 0 aliphatic carbocycles. The van der Waals surface area contributed by atoms with Gasteiger partial charge >= 0.3 is 0 Å². The van der Waals surface area contributed by atoms with Gasteiger partial charge in [0.2, 0.25) is 0 Å². The van der Waals surface area contributed by atoms with Gasteiger partial charge in [-0.2, -0.15) is 0 Å². The minimum atomic E-state index is 0.125. The molecule has 0 radical (unpaired) electrons. The van der Waals surface area contributed by atoms with Crippen LogP contribution in [-0.2, 0) is 0 Å². The first-order valence-corrected chi connectivity index (χ1v) is 2.26. The molecule has 0 saturated carbocycles. The molecule has 0 bridgehead atoms. The molecule has 3 nitrogen and oxygen atoms in total. The first kappa shape index (κ1) is 4.46. The Morgan fingerprint density at radius 2 is 2.57 bits per heavy atom. The van der Waals surface area contributed by atoms with Gasteiger partial charge in [-0.15, -0.1) is 0 Å². The summed E-state index contributed by atoms with van der Waals surface area (Å²) in [6.45, 7) is 0.784. The van der Waals surface area contributed by atoms with Crippen LogP contribution in [0.1, 0.15) is 0 Å². The quantitative estimate of drug-likeness (QED) is 0.354. The number of hydrogen-bond acceptors (Lipinski definition) is 3. The molecule has 0 spiro atoms. The lowest BCUT2D eigenvalue weighted by atomic mass is 10.3. The van der Waals surface area contributed by atoms with Crippen molar-refractivity contribution < 1.29 is 0 Å². The van der Waals surface area contributed by atoms with Gasteiger partial charge in [-0.25, -0.2) is 0 Å². The van der Waals surface area contributed by atoms with Crippen LogP contribution in [0.15, 0.2) is 11.9 Å². The molecule has 0 aromatic heterocycles. The lowest BCUT2D eigenvalue weighted by Crippen LogP contribution is -2.24. The maximum absolute atomic E-state index is 5.41. The minimum absolute atomic E-state index is 0.125. The van der Waals surface area contributed by atoms with Gasteiger partial charge in [0.25, 0.3) is 0 Å². The average Bonchev–Trinajstić information content (AvgIpc) is 1.87. The summed E-state index contributed by atoms with van der Waals surface area (Å²) in [4.78, 5) is 0. The summed E-state index contributed by atoms with van der Waals surface area (Å²) in [5, 5.41) is 2.88. The SMILES string of the molecule is NC1=CC(N)CN1. The second-order valence-electron chi connectivity index (χ2n) is 1.67. The van der Waals surface area contributed by atoms with Crippen molar-refractivity contribution in [1.29, 1.82) is 0 Å². The van der Waals surface area contributed by atoms with Crippen LogP contribution < -0.4 is 16.8 Å². The smallest absolute Gasteiger partial charge is 0.0935 e. The second-order valence-corrected chi connectivity index (χ2v) is 1.67. The lowest BCUT2D eigenvalue weighted by molar-refractivity contribution is 0.776. The highest BCUT2D eigenvalue weighted by Gasteiger charge is 2.05. The number of nitrogens with one attached hydrogen (secondary N) is 1. The van der Waals surface area contributed by atoms with E-state index in [1.54, 1.807) is 6.08 Å². The molecule has 0 fully saturated rings. The summed E-state index contributed by atoms with van der Waals surface area (Å²) < 4.78 is 0. The van der Waals surface area contributed by atoms with Crippen LogP contribution in [0.25, 0.3) is 0 Å². The molecule has 1 atom stereocenters. The standard InChI is InChI=1S/C4H9N3/c5-3-1-4(6)7-2-3/h1,3,7H,2,5-6H2. The van der Waals surface area contributed by atoms with Crippen molar-refractivity contribution in [3.63, 3.8) is 0 Å². The normalized spacial score (nSPS) is 29.3. The highest BCUT2D eigenvalue weighted by atomic mass is 15.0. The Morgan fingerprint density at radius 1 is 1.86 bits per heavy atom. The molecule has 0 amide bonds. The van der Waals surface area contributed by atoms with E-state index in [4.69, 9.17) is 11.5 Å². The van der Waals surface area contributed by atoms with Crippen molar-refractivity contribution in [3.05, 3.63) is 11.9 Å². The lowest BCUT2D eigenvalue weighted by Gasteiger charge is -1.93. The maximum atomic E-state index is 5.41. The highest BCUT2D eigenvalue weighted by Crippen LogP contribution is 1.90. The molecule has 1 rings (SSSR count). The molecule has 5 N–H and O–H groups in total. The molecule has 0 saturated heterocycles. The Kier molecular flexibility index (Phi) is 0.906. The Bertz CT molecular complexity index is 97.1. The van der Waals surface area contributed by atoms with Crippen LogP contribution in [0, 0.1) is 0 Å². The van der Waals surface area contributed by atoms with Crippen LogP contribution in [-0.4, -0.2) is 12.6 Å². The van der Waals surface area contributed by atoms with Gasteiger partial charge < -0.3 is 16.8 Å². The predicted molar refractivity (Wildman–Crippen MR) is 28.2 cm³/mol. The Labute approximate surface area is 42.4 Å². The van der Waals surface area contributed by atoms with E-state index in [2.05, 4.69) is 5.32 Å². The molecular formula is C4H9N3. The molecule has 1 unspecified atom stereocenters. The van der Waals surface area contributed by atoms with Crippen molar-refractivity contribution in [1.82, 2.24) is 5.32 Å². The number of hydrogen-bond donors (Lipinski definition) is 3. The fraction of sp³-hybridized carbons (Fsp3) is 0.500. The van der Waals surface area contributed by atoms with Crippen LogP contribution in [0.3, 0.4) is 0 Å². The molecule has 0 aromatic rings. The zero-order valence-electron chi connectivity index (χ0n) is 4.02. The molecule has 0 aromatic carbocycles. The largest absolute Gasteiger partial charge is 0.386 e. The van der Waals surface area contributed by atoms with Crippen molar-refractivity contribution >= 4 is 0 Å². The van der Waals surface area contributed by atoms with Crippen LogP contribution in [0.5, 0.6) is 0 Å². The molecule has 1 aliphatic rings. The summed E-state index contributed by atoms with van der Waals surface area (Å²) in [5.74, 6) is 0.701. The molecule has 3 heteroatoms. The Morgan fingerprint density at radius 3 is 2.71 bits per heavy atom. The van der Waals surface area contributed by atoms with Crippen molar-refractivity contribution in [3.8, 4) is 0 Å². The minimum Gasteiger partial charge on any atom is -0.386 e. The summed E-state index contributed by atoms with van der Waals surface area (Å²) in [5.41, 5.74) is 10.7. The maximum Gasteiger partial charge on any atom is 0.0935 e. The van der Waals surface area contributed by atoms with Gasteiger partial charge in [0, 0.05) is 12.6 Å². The first-order chi connectivity index (χ1) is 3.29. The Balaban J connectivity index is 2.50. The number of rotatable bonds is 0. The fourth-order valence-electron chi connectivity index (χ4n) is 0.584. The van der Waals surface area contributed by atoms with Gasteiger partial charge in [0.1, 0.15) is 0 Å². The van der Waals surface area contributed by atoms with Gasteiger partial charge in [-0.05, 0) is 6.08 Å². The van der Waals surface area contributed by atoms with E-state index >= 15 is 0 Å². The third-order valence-electron chi connectivity index (χ3n) is 0.936. The van der Waals surface area contributed by atoms with Crippen molar-refractivity contribution in [2.24, 2.45) is 11.5 Å². The molecule has 1 aliphatic heterocycles. The van der Waals surface area contributed by atoms with E-state index in [9.17, 15) is 0 Å². The molecule has 1 heterocycles. The van der Waals surface area contributed by atoms with E-state index in [-0.39, 0.29) is 6.04 Å². The van der Waals surface area contributed by atoms with Gasteiger partial charge in [-0.1, -0.05) is 0 Å². The summed E-state index contributed by atoms with van der Waals surface area (Å²) >= 11 is 0. The van der Waals surface area contributed by atoms with Crippen LogP contribution in [0.2, 0.25) is 0 Å². The van der Waals surface area contributed by atoms with Gasteiger partial charge in [0.05, 0.1) is 5.82 Å². The average molecular weight is 99.1 g/mol. The first-order valence-electron chi connectivity index (χ1n) is 2.26. The molecular weight excluding hydrogens is 90.1 g/mol. The van der Waals surface area contributed by atoms with Crippen LogP contribution in [0.4, 0.5) is 0 Å². The Hall–Kier alpha value is -0.700. The van der Waals surface area contributed by atoms with E-state index in [1.807, 2.05) is 0 Å². The van der Waals surface area contributed by atoms with E-state index in [0.717, 1.165) is 6.54 Å². The van der Waals surface area contributed by atoms with Crippen molar-refractivity contribution in [2.45, 2.75) is 6.04 Å². The monoisotopic (exact) mass is 99.1 g/mol. The highest BCUT2D eigenvalue weighted by molar-refractivity contribution is 5.07. The summed E-state index contributed by atoms with van der Waals surface area (Å²) in [7, 11) is 0. The molecule has 7 heavy (non-hydrogen) atoms. The predicted octanol–water partition coefficient (Wildman–Crippen LogP) is -1.28. The number of nitrogens with two attached hydrogens (primary N) is 2. The van der Waals surface area contributed by atoms with Gasteiger partial charge in [0.15, 0.2) is 0 Å². The summed E-state index contributed by atoms with van der Waals surface area (Å²) in [6.07, 6.45) is 1.81.